The number of carbonyl (C=O) groups is 2. The van der Waals surface area contributed by atoms with Crippen molar-refractivity contribution in [3.63, 3.8) is 0 Å². The number of carbonyl (C=O) groups excluding carboxylic acids is 2. The lowest BCUT2D eigenvalue weighted by atomic mass is 10.1. The number of benzene rings is 3. The number of nitrogens with one attached hydrogen (secondary N) is 2. The van der Waals surface area contributed by atoms with Gasteiger partial charge in [-0.1, -0.05) is 36.4 Å². The Morgan fingerprint density at radius 2 is 1.56 bits per heavy atom. The fraction of sp³-hybridized carbons (Fsp3) is 0.0526. The van der Waals surface area contributed by atoms with Crippen molar-refractivity contribution < 1.29 is 19.1 Å². The maximum atomic E-state index is 12.8. The number of phenols is 1. The van der Waals surface area contributed by atoms with Crippen molar-refractivity contribution in [3.05, 3.63) is 72.0 Å². The zero-order valence-electron chi connectivity index (χ0n) is 13.1. The second kappa shape index (κ2) is 7.00. The van der Waals surface area contributed by atoms with Crippen molar-refractivity contribution in [2.75, 3.05) is 5.32 Å². The maximum absolute atomic E-state index is 12.8. The summed E-state index contributed by atoms with van der Waals surface area (Å²) in [5.41, 5.74) is 1.10. The van der Waals surface area contributed by atoms with Gasteiger partial charge in [-0.15, -0.1) is 0 Å². The van der Waals surface area contributed by atoms with Gasteiger partial charge in [0.2, 0.25) is 0 Å². The van der Waals surface area contributed by atoms with Gasteiger partial charge in [0.1, 0.15) is 11.6 Å². The van der Waals surface area contributed by atoms with Crippen LogP contribution in [0.2, 0.25) is 0 Å². The predicted octanol–water partition coefficient (Wildman–Crippen LogP) is 2.94. The van der Waals surface area contributed by atoms with Crippen molar-refractivity contribution in [3.8, 4) is 5.75 Å². The summed E-state index contributed by atoms with van der Waals surface area (Å²) < 4.78 is 12.8. The Labute approximate surface area is 143 Å². The lowest BCUT2D eigenvalue weighted by molar-refractivity contribution is -0.136. The van der Waals surface area contributed by atoms with Crippen molar-refractivity contribution in [1.29, 1.82) is 0 Å². The van der Waals surface area contributed by atoms with Crippen LogP contribution >= 0.6 is 0 Å². The van der Waals surface area contributed by atoms with Crippen LogP contribution in [0.4, 0.5) is 10.1 Å². The third-order valence-corrected chi connectivity index (χ3v) is 3.72. The molecule has 6 heteroatoms. The number of phenolic OH excluding ortho intramolecular Hbond substituents is 1. The molecule has 25 heavy (non-hydrogen) atoms. The van der Waals surface area contributed by atoms with Crippen molar-refractivity contribution in [1.82, 2.24) is 5.32 Å². The molecular formula is C19H15FN2O3. The van der Waals surface area contributed by atoms with Gasteiger partial charge in [-0.2, -0.15) is 0 Å². The van der Waals surface area contributed by atoms with E-state index >= 15 is 0 Å². The molecule has 3 rings (SSSR count). The number of hydrogen-bond donors (Lipinski definition) is 3. The first-order valence-electron chi connectivity index (χ1n) is 7.59. The average molecular weight is 338 g/mol. The first-order chi connectivity index (χ1) is 12.0. The summed E-state index contributed by atoms with van der Waals surface area (Å²) in [6.07, 6.45) is 0. The molecule has 0 aliphatic heterocycles. The Balaban J connectivity index is 1.68. The monoisotopic (exact) mass is 338 g/mol. The Hall–Kier alpha value is -3.41. The molecule has 3 aromatic rings. The van der Waals surface area contributed by atoms with E-state index in [0.29, 0.717) is 22.0 Å². The van der Waals surface area contributed by atoms with E-state index < -0.39 is 11.8 Å². The van der Waals surface area contributed by atoms with Gasteiger partial charge in [0.15, 0.2) is 0 Å². The summed E-state index contributed by atoms with van der Waals surface area (Å²) in [6.45, 7) is 0.114. The number of rotatable bonds is 3. The molecule has 0 radical (unpaired) electrons. The molecule has 0 spiro atoms. The standard InChI is InChI=1S/C19H15FN2O3/c20-13-9-7-12(8-10-13)11-21-18(24)19(25)22-16-5-1-4-15-14(16)3-2-6-17(15)23/h1-10,23H,11H2,(H,21,24)(H,22,25). The van der Waals surface area contributed by atoms with Crippen LogP contribution < -0.4 is 10.6 Å². The van der Waals surface area contributed by atoms with E-state index in [4.69, 9.17) is 0 Å². The second-order valence-corrected chi connectivity index (χ2v) is 5.44. The van der Waals surface area contributed by atoms with Crippen LogP contribution in [0.25, 0.3) is 10.8 Å². The number of fused-ring (bicyclic) bond motifs is 1. The maximum Gasteiger partial charge on any atom is 0.313 e. The van der Waals surface area contributed by atoms with Crippen LogP contribution in [0.15, 0.2) is 60.7 Å². The summed E-state index contributed by atoms with van der Waals surface area (Å²) in [4.78, 5) is 24.0. The SMILES string of the molecule is O=C(NCc1ccc(F)cc1)C(=O)Nc1cccc2c(O)cccc12. The Kier molecular flexibility index (Phi) is 4.61. The molecule has 0 fully saturated rings. The van der Waals surface area contributed by atoms with Gasteiger partial charge in [0.25, 0.3) is 0 Å². The molecule has 0 aromatic heterocycles. The molecule has 0 saturated carbocycles. The molecular weight excluding hydrogens is 323 g/mol. The first kappa shape index (κ1) is 16.4. The van der Waals surface area contributed by atoms with Gasteiger partial charge in [-0.3, -0.25) is 9.59 Å². The topological polar surface area (TPSA) is 78.4 Å². The molecule has 0 saturated heterocycles. The molecule has 0 heterocycles. The zero-order valence-corrected chi connectivity index (χ0v) is 13.1. The average Bonchev–Trinajstić information content (AvgIpc) is 2.62. The highest BCUT2D eigenvalue weighted by Gasteiger charge is 2.15. The van der Waals surface area contributed by atoms with Crippen molar-refractivity contribution >= 4 is 28.3 Å². The molecule has 126 valence electrons. The smallest absolute Gasteiger partial charge is 0.313 e. The fourth-order valence-electron chi connectivity index (χ4n) is 2.45. The van der Waals surface area contributed by atoms with E-state index in [0.717, 1.165) is 0 Å². The molecule has 0 unspecified atom stereocenters. The van der Waals surface area contributed by atoms with Gasteiger partial charge in [-0.05, 0) is 29.8 Å². The van der Waals surface area contributed by atoms with E-state index in [9.17, 15) is 19.1 Å². The summed E-state index contributed by atoms with van der Waals surface area (Å²) in [7, 11) is 0. The van der Waals surface area contributed by atoms with Gasteiger partial charge in [0.05, 0.1) is 0 Å². The van der Waals surface area contributed by atoms with Crippen LogP contribution in [0.5, 0.6) is 5.75 Å². The van der Waals surface area contributed by atoms with Crippen LogP contribution in [0.1, 0.15) is 5.56 Å². The molecule has 5 nitrogen and oxygen atoms in total. The molecule has 0 aliphatic rings. The molecule has 2 amide bonds. The number of aromatic hydroxyl groups is 1. The normalized spacial score (nSPS) is 10.4. The molecule has 3 N–H and O–H groups in total. The number of halogens is 1. The van der Waals surface area contributed by atoms with Crippen LogP contribution in [-0.2, 0) is 16.1 Å². The second-order valence-electron chi connectivity index (χ2n) is 5.44. The van der Waals surface area contributed by atoms with Gasteiger partial charge >= 0.3 is 11.8 Å². The van der Waals surface area contributed by atoms with Crippen molar-refractivity contribution in [2.45, 2.75) is 6.54 Å². The highest BCUT2D eigenvalue weighted by atomic mass is 19.1. The Bertz CT molecular complexity index is 939. The van der Waals surface area contributed by atoms with Gasteiger partial charge in [0, 0.05) is 23.0 Å². The minimum Gasteiger partial charge on any atom is -0.507 e. The zero-order chi connectivity index (χ0) is 17.8. The quantitative estimate of drug-likeness (QED) is 0.643. The van der Waals surface area contributed by atoms with Gasteiger partial charge < -0.3 is 15.7 Å². The van der Waals surface area contributed by atoms with E-state index in [1.165, 1.54) is 24.3 Å². The summed E-state index contributed by atoms with van der Waals surface area (Å²) in [5, 5.41) is 16.1. The minimum absolute atomic E-state index is 0.0920. The fourth-order valence-corrected chi connectivity index (χ4v) is 2.45. The molecule has 0 bridgehead atoms. The summed E-state index contributed by atoms with van der Waals surface area (Å²) >= 11 is 0. The largest absolute Gasteiger partial charge is 0.507 e. The summed E-state index contributed by atoms with van der Waals surface area (Å²) in [5.74, 6) is -1.90. The molecule has 0 aliphatic carbocycles. The van der Waals surface area contributed by atoms with E-state index in [2.05, 4.69) is 10.6 Å². The van der Waals surface area contributed by atoms with E-state index in [-0.39, 0.29) is 18.1 Å². The predicted molar refractivity (Wildman–Crippen MR) is 92.5 cm³/mol. The van der Waals surface area contributed by atoms with Crippen LogP contribution in [0.3, 0.4) is 0 Å². The lowest BCUT2D eigenvalue weighted by Crippen LogP contribution is -2.35. The molecule has 0 atom stereocenters. The minimum atomic E-state index is -0.821. The molecule has 3 aromatic carbocycles. The lowest BCUT2D eigenvalue weighted by Gasteiger charge is -2.10. The van der Waals surface area contributed by atoms with Crippen LogP contribution in [-0.4, -0.2) is 16.9 Å². The number of amides is 2. The van der Waals surface area contributed by atoms with Gasteiger partial charge in [-0.25, -0.2) is 4.39 Å². The third kappa shape index (κ3) is 3.74. The van der Waals surface area contributed by atoms with E-state index in [1.54, 1.807) is 36.4 Å². The Morgan fingerprint density at radius 3 is 2.32 bits per heavy atom. The number of anilines is 1. The van der Waals surface area contributed by atoms with E-state index in [1.807, 2.05) is 0 Å². The summed E-state index contributed by atoms with van der Waals surface area (Å²) in [6, 6.07) is 15.6. The number of hydrogen-bond acceptors (Lipinski definition) is 3. The third-order valence-electron chi connectivity index (χ3n) is 3.72. The highest BCUT2D eigenvalue weighted by Crippen LogP contribution is 2.29. The van der Waals surface area contributed by atoms with Crippen molar-refractivity contribution in [2.24, 2.45) is 0 Å². The Morgan fingerprint density at radius 1 is 0.880 bits per heavy atom. The van der Waals surface area contributed by atoms with Crippen LogP contribution in [0, 0.1) is 5.82 Å². The first-order valence-corrected chi connectivity index (χ1v) is 7.59. The highest BCUT2D eigenvalue weighted by molar-refractivity contribution is 6.40.